The summed E-state index contributed by atoms with van der Waals surface area (Å²) < 4.78 is 0. The molecule has 0 aromatic rings. The quantitative estimate of drug-likeness (QED) is 0.368. The summed E-state index contributed by atoms with van der Waals surface area (Å²) >= 11 is 0. The monoisotopic (exact) mass is 318 g/mol. The summed E-state index contributed by atoms with van der Waals surface area (Å²) in [4.78, 5) is 23.3. The molecule has 0 fully saturated rings. The molecule has 0 unspecified atom stereocenters. The highest BCUT2D eigenvalue weighted by Crippen LogP contribution is 2.19. The van der Waals surface area contributed by atoms with Gasteiger partial charge < -0.3 is 26.0 Å². The lowest BCUT2D eigenvalue weighted by Crippen LogP contribution is -2.46. The van der Waals surface area contributed by atoms with Crippen molar-refractivity contribution in [3.05, 3.63) is 0 Å². The van der Waals surface area contributed by atoms with Gasteiger partial charge in [-0.1, -0.05) is 27.7 Å². The fraction of sp³-hybridized carbons (Fsp3) is 0.867. The first kappa shape index (κ1) is 20.8. The van der Waals surface area contributed by atoms with Gasteiger partial charge in [0.2, 0.25) is 11.8 Å². The summed E-state index contributed by atoms with van der Waals surface area (Å²) in [6, 6.07) is 0. The lowest BCUT2D eigenvalue weighted by atomic mass is 9.87. The minimum atomic E-state index is -1.33. The Labute approximate surface area is 132 Å². The maximum atomic E-state index is 11.7. The van der Waals surface area contributed by atoms with E-state index >= 15 is 0 Å². The van der Waals surface area contributed by atoms with Crippen molar-refractivity contribution >= 4 is 11.8 Å². The number of amides is 2. The van der Waals surface area contributed by atoms with Gasteiger partial charge in [-0.2, -0.15) is 0 Å². The Balaban J connectivity index is 3.96. The van der Waals surface area contributed by atoms with Crippen molar-refractivity contribution in [2.75, 3.05) is 26.3 Å². The van der Waals surface area contributed by atoms with Gasteiger partial charge in [-0.3, -0.25) is 9.59 Å². The molecule has 0 spiro atoms. The number of aliphatic hydroxyl groups is 3. The van der Waals surface area contributed by atoms with Crippen molar-refractivity contribution in [1.29, 1.82) is 0 Å². The van der Waals surface area contributed by atoms with Crippen molar-refractivity contribution in [1.82, 2.24) is 10.6 Å². The average Bonchev–Trinajstić information content (AvgIpc) is 2.46. The first-order valence-corrected chi connectivity index (χ1v) is 7.50. The lowest BCUT2D eigenvalue weighted by Gasteiger charge is -2.27. The molecule has 0 saturated carbocycles. The molecule has 0 heterocycles. The molecule has 130 valence electrons. The van der Waals surface area contributed by atoms with E-state index in [0.717, 1.165) is 0 Å². The number of carbonyl (C=O) groups is 2. The summed E-state index contributed by atoms with van der Waals surface area (Å²) in [6.07, 6.45) is -0.561. The van der Waals surface area contributed by atoms with Gasteiger partial charge in [-0.15, -0.1) is 0 Å². The SMILES string of the molecule is CC(C)(CO)CCNC(=O)CCNC(=O)[C@@H](O)C(C)(C)CO. The number of rotatable bonds is 10. The Hall–Kier alpha value is -1.18. The van der Waals surface area contributed by atoms with Crippen molar-refractivity contribution < 1.29 is 24.9 Å². The van der Waals surface area contributed by atoms with E-state index in [9.17, 15) is 14.7 Å². The predicted molar refractivity (Wildman–Crippen MR) is 83.0 cm³/mol. The van der Waals surface area contributed by atoms with Crippen molar-refractivity contribution in [2.24, 2.45) is 10.8 Å². The topological polar surface area (TPSA) is 119 Å². The van der Waals surface area contributed by atoms with Gasteiger partial charge in [0, 0.05) is 31.5 Å². The standard InChI is InChI=1S/C15H30N2O5/c1-14(2,9-18)6-8-16-11(20)5-7-17-13(22)12(21)15(3,4)10-19/h12,18-19,21H,5-10H2,1-4H3,(H,16,20)(H,17,22)/t12-/m1/s1. The van der Waals surface area contributed by atoms with Crippen LogP contribution in [0.4, 0.5) is 0 Å². The molecule has 2 amide bonds. The van der Waals surface area contributed by atoms with E-state index in [1.54, 1.807) is 13.8 Å². The molecule has 1 atom stereocenters. The smallest absolute Gasteiger partial charge is 0.249 e. The van der Waals surface area contributed by atoms with E-state index in [-0.39, 0.29) is 37.5 Å². The Kier molecular flexibility index (Phi) is 8.58. The number of hydrogen-bond acceptors (Lipinski definition) is 5. The summed E-state index contributed by atoms with van der Waals surface area (Å²) in [5.74, 6) is -0.807. The third-order valence-corrected chi connectivity index (χ3v) is 3.60. The lowest BCUT2D eigenvalue weighted by molar-refractivity contribution is -0.137. The van der Waals surface area contributed by atoms with Crippen molar-refractivity contribution in [2.45, 2.75) is 46.6 Å². The Morgan fingerprint density at radius 3 is 2.09 bits per heavy atom. The summed E-state index contributed by atoms with van der Waals surface area (Å²) in [5.41, 5.74) is -1.16. The van der Waals surface area contributed by atoms with Gasteiger partial charge in [-0.25, -0.2) is 0 Å². The van der Waals surface area contributed by atoms with Gasteiger partial charge >= 0.3 is 0 Å². The summed E-state index contributed by atoms with van der Waals surface area (Å²) in [7, 11) is 0. The van der Waals surface area contributed by atoms with E-state index < -0.39 is 17.4 Å². The van der Waals surface area contributed by atoms with Crippen LogP contribution in [-0.2, 0) is 9.59 Å². The molecule has 0 aliphatic carbocycles. The maximum absolute atomic E-state index is 11.7. The van der Waals surface area contributed by atoms with Crippen LogP contribution in [0.25, 0.3) is 0 Å². The molecule has 0 rings (SSSR count). The van der Waals surface area contributed by atoms with Gasteiger partial charge in [0.15, 0.2) is 0 Å². The highest BCUT2D eigenvalue weighted by molar-refractivity contribution is 5.82. The minimum Gasteiger partial charge on any atom is -0.396 e. The average molecular weight is 318 g/mol. The largest absolute Gasteiger partial charge is 0.396 e. The minimum absolute atomic E-state index is 0.0530. The van der Waals surface area contributed by atoms with Crippen LogP contribution in [0.3, 0.4) is 0 Å². The van der Waals surface area contributed by atoms with Crippen LogP contribution < -0.4 is 10.6 Å². The van der Waals surface area contributed by atoms with Gasteiger partial charge in [0.05, 0.1) is 6.61 Å². The molecule has 7 nitrogen and oxygen atoms in total. The second-order valence-corrected chi connectivity index (χ2v) is 7.01. The van der Waals surface area contributed by atoms with E-state index in [2.05, 4.69) is 10.6 Å². The van der Waals surface area contributed by atoms with E-state index in [1.807, 2.05) is 13.8 Å². The highest BCUT2D eigenvalue weighted by atomic mass is 16.3. The highest BCUT2D eigenvalue weighted by Gasteiger charge is 2.32. The van der Waals surface area contributed by atoms with Crippen LogP contribution in [0.15, 0.2) is 0 Å². The number of nitrogens with one attached hydrogen (secondary N) is 2. The zero-order chi connectivity index (χ0) is 17.4. The molecular formula is C15H30N2O5. The zero-order valence-electron chi connectivity index (χ0n) is 14.0. The fourth-order valence-electron chi connectivity index (χ4n) is 1.55. The van der Waals surface area contributed by atoms with Gasteiger partial charge in [0.25, 0.3) is 0 Å². The molecule has 0 bridgehead atoms. The molecule has 22 heavy (non-hydrogen) atoms. The molecule has 0 aliphatic heterocycles. The maximum Gasteiger partial charge on any atom is 0.249 e. The number of hydrogen-bond donors (Lipinski definition) is 5. The van der Waals surface area contributed by atoms with E-state index in [4.69, 9.17) is 10.2 Å². The van der Waals surface area contributed by atoms with Crippen LogP contribution in [0.1, 0.15) is 40.5 Å². The van der Waals surface area contributed by atoms with Crippen LogP contribution in [-0.4, -0.2) is 59.5 Å². The Bertz CT molecular complexity index is 369. The molecule has 0 saturated heterocycles. The molecular weight excluding hydrogens is 288 g/mol. The van der Waals surface area contributed by atoms with Gasteiger partial charge in [0.1, 0.15) is 6.10 Å². The third-order valence-electron chi connectivity index (χ3n) is 3.60. The molecule has 5 N–H and O–H groups in total. The normalized spacial score (nSPS) is 13.6. The van der Waals surface area contributed by atoms with Crippen LogP contribution in [0, 0.1) is 10.8 Å². The molecule has 0 aromatic heterocycles. The first-order valence-electron chi connectivity index (χ1n) is 7.50. The molecule has 7 heteroatoms. The van der Waals surface area contributed by atoms with E-state index in [0.29, 0.717) is 13.0 Å². The predicted octanol–water partition coefficient (Wildman–Crippen LogP) is -0.603. The van der Waals surface area contributed by atoms with Crippen LogP contribution >= 0.6 is 0 Å². The third kappa shape index (κ3) is 7.72. The van der Waals surface area contributed by atoms with Crippen LogP contribution in [0.2, 0.25) is 0 Å². The van der Waals surface area contributed by atoms with E-state index in [1.165, 1.54) is 0 Å². The second-order valence-electron chi connectivity index (χ2n) is 7.01. The molecule has 0 aliphatic rings. The first-order chi connectivity index (χ1) is 10.1. The molecule has 0 radical (unpaired) electrons. The van der Waals surface area contributed by atoms with Gasteiger partial charge in [-0.05, 0) is 11.8 Å². The summed E-state index contributed by atoms with van der Waals surface area (Å²) in [6.45, 7) is 7.28. The second kappa shape index (κ2) is 9.07. The van der Waals surface area contributed by atoms with Crippen molar-refractivity contribution in [3.63, 3.8) is 0 Å². The Morgan fingerprint density at radius 2 is 1.59 bits per heavy atom. The fourth-order valence-corrected chi connectivity index (χ4v) is 1.55. The molecule has 0 aromatic carbocycles. The number of aliphatic hydroxyl groups excluding tert-OH is 3. The zero-order valence-corrected chi connectivity index (χ0v) is 14.0. The number of carbonyl (C=O) groups excluding carboxylic acids is 2. The van der Waals surface area contributed by atoms with Crippen LogP contribution in [0.5, 0.6) is 0 Å². The van der Waals surface area contributed by atoms with Crippen molar-refractivity contribution in [3.8, 4) is 0 Å². The summed E-state index contributed by atoms with van der Waals surface area (Å²) in [5, 5.41) is 33.1. The Morgan fingerprint density at radius 1 is 1.00 bits per heavy atom.